The molecule has 0 amide bonds. The minimum Gasteiger partial charge on any atom is -0.384 e. The van der Waals surface area contributed by atoms with Crippen LogP contribution in [0.1, 0.15) is 24.8 Å². The Morgan fingerprint density at radius 3 is 2.73 bits per heavy atom. The van der Waals surface area contributed by atoms with Gasteiger partial charge < -0.3 is 10.1 Å². The Labute approximate surface area is 101 Å². The van der Waals surface area contributed by atoms with E-state index in [0.29, 0.717) is 12.0 Å². The third-order valence-corrected chi connectivity index (χ3v) is 3.66. The third kappa shape index (κ3) is 4.51. The summed E-state index contributed by atoms with van der Waals surface area (Å²) in [7, 11) is 1.74. The van der Waals surface area contributed by atoms with Crippen molar-refractivity contribution in [3.63, 3.8) is 0 Å². The lowest BCUT2D eigenvalue weighted by molar-refractivity contribution is 0.157. The van der Waals surface area contributed by atoms with Gasteiger partial charge in [-0.1, -0.05) is 18.5 Å². The second-order valence-electron chi connectivity index (χ2n) is 3.83. The molecule has 0 spiro atoms. The van der Waals surface area contributed by atoms with Crippen molar-refractivity contribution in [3.8, 4) is 0 Å². The summed E-state index contributed by atoms with van der Waals surface area (Å²) in [6.45, 7) is 6.09. The topological polar surface area (TPSA) is 21.3 Å². The largest absolute Gasteiger partial charge is 0.384 e. The smallest absolute Gasteiger partial charge is 0.0931 e. The second-order valence-corrected chi connectivity index (χ2v) is 5.58. The highest BCUT2D eigenvalue weighted by Gasteiger charge is 2.09. The van der Waals surface area contributed by atoms with E-state index in [4.69, 9.17) is 16.3 Å². The fourth-order valence-electron chi connectivity index (χ4n) is 1.38. The number of thiophene rings is 1. The van der Waals surface area contributed by atoms with Crippen molar-refractivity contribution < 1.29 is 4.74 Å². The molecule has 1 N–H and O–H groups in total. The van der Waals surface area contributed by atoms with Gasteiger partial charge in [0.1, 0.15) is 0 Å². The molecular weight excluding hydrogens is 230 g/mol. The van der Waals surface area contributed by atoms with E-state index in [9.17, 15) is 0 Å². The molecule has 1 aromatic rings. The molecule has 1 aromatic heterocycles. The first kappa shape index (κ1) is 13.0. The van der Waals surface area contributed by atoms with Crippen molar-refractivity contribution in [2.45, 2.75) is 19.9 Å². The van der Waals surface area contributed by atoms with E-state index in [1.54, 1.807) is 18.4 Å². The van der Waals surface area contributed by atoms with Gasteiger partial charge in [0.25, 0.3) is 0 Å². The Balaban J connectivity index is 2.33. The zero-order valence-electron chi connectivity index (χ0n) is 9.42. The van der Waals surface area contributed by atoms with Crippen molar-refractivity contribution in [1.29, 1.82) is 0 Å². The van der Waals surface area contributed by atoms with Crippen LogP contribution in [0.4, 0.5) is 0 Å². The predicted octanol–water partition coefficient (Wildman–Crippen LogP) is 3.33. The minimum atomic E-state index is 0.363. The summed E-state index contributed by atoms with van der Waals surface area (Å²) in [5, 5.41) is 3.47. The molecule has 86 valence electrons. The summed E-state index contributed by atoms with van der Waals surface area (Å²) in [5.41, 5.74) is 0. The van der Waals surface area contributed by atoms with Gasteiger partial charge in [-0.3, -0.25) is 0 Å². The van der Waals surface area contributed by atoms with Crippen LogP contribution in [0.3, 0.4) is 0 Å². The molecule has 0 saturated heterocycles. The second kappa shape index (κ2) is 6.48. The zero-order chi connectivity index (χ0) is 11.3. The van der Waals surface area contributed by atoms with Gasteiger partial charge >= 0.3 is 0 Å². The standard InChI is InChI=1S/C11H18ClNOS/c1-8(7-14-3)6-13-9(2)10-4-5-11(12)15-10/h4-5,8-9,13H,6-7H2,1-3H3. The van der Waals surface area contributed by atoms with E-state index in [-0.39, 0.29) is 0 Å². The summed E-state index contributed by atoms with van der Waals surface area (Å²) >= 11 is 7.52. The first-order chi connectivity index (χ1) is 7.13. The minimum absolute atomic E-state index is 0.363. The van der Waals surface area contributed by atoms with Crippen molar-refractivity contribution in [2.75, 3.05) is 20.3 Å². The van der Waals surface area contributed by atoms with Crippen LogP contribution < -0.4 is 5.32 Å². The maximum absolute atomic E-state index is 5.89. The van der Waals surface area contributed by atoms with E-state index < -0.39 is 0 Å². The molecule has 1 heterocycles. The molecule has 0 aromatic carbocycles. The van der Waals surface area contributed by atoms with E-state index in [1.165, 1.54) is 4.88 Å². The maximum atomic E-state index is 5.89. The lowest BCUT2D eigenvalue weighted by atomic mass is 10.2. The van der Waals surface area contributed by atoms with Crippen LogP contribution in [0.5, 0.6) is 0 Å². The number of hydrogen-bond donors (Lipinski definition) is 1. The summed E-state index contributed by atoms with van der Waals surface area (Å²) in [6.07, 6.45) is 0. The predicted molar refractivity (Wildman–Crippen MR) is 66.8 cm³/mol. The lowest BCUT2D eigenvalue weighted by Crippen LogP contribution is -2.26. The fourth-order valence-corrected chi connectivity index (χ4v) is 2.47. The quantitative estimate of drug-likeness (QED) is 0.833. The number of ether oxygens (including phenoxy) is 1. The summed E-state index contributed by atoms with van der Waals surface area (Å²) < 4.78 is 5.94. The Kier molecular flexibility index (Phi) is 5.61. The SMILES string of the molecule is COCC(C)CNC(C)c1ccc(Cl)s1. The highest BCUT2D eigenvalue weighted by atomic mass is 35.5. The van der Waals surface area contributed by atoms with Crippen molar-refractivity contribution in [1.82, 2.24) is 5.32 Å². The molecule has 0 radical (unpaired) electrons. The highest BCUT2D eigenvalue weighted by Crippen LogP contribution is 2.26. The Morgan fingerprint density at radius 2 is 2.20 bits per heavy atom. The maximum Gasteiger partial charge on any atom is 0.0931 e. The van der Waals surface area contributed by atoms with E-state index in [2.05, 4.69) is 25.2 Å². The van der Waals surface area contributed by atoms with Crippen LogP contribution in [-0.4, -0.2) is 20.3 Å². The molecule has 0 saturated carbocycles. The van der Waals surface area contributed by atoms with Gasteiger partial charge in [0, 0.05) is 31.2 Å². The van der Waals surface area contributed by atoms with Gasteiger partial charge in [-0.15, -0.1) is 11.3 Å². The van der Waals surface area contributed by atoms with Crippen LogP contribution in [-0.2, 0) is 4.74 Å². The Hall–Kier alpha value is -0.0900. The number of nitrogens with one attached hydrogen (secondary N) is 1. The van der Waals surface area contributed by atoms with Gasteiger partial charge in [-0.25, -0.2) is 0 Å². The van der Waals surface area contributed by atoms with Crippen molar-refractivity contribution in [2.24, 2.45) is 5.92 Å². The third-order valence-electron chi connectivity index (χ3n) is 2.24. The lowest BCUT2D eigenvalue weighted by Gasteiger charge is -2.16. The van der Waals surface area contributed by atoms with Crippen LogP contribution in [0.15, 0.2) is 12.1 Å². The molecule has 1 rings (SSSR count). The average molecular weight is 248 g/mol. The number of hydrogen-bond acceptors (Lipinski definition) is 3. The highest BCUT2D eigenvalue weighted by molar-refractivity contribution is 7.16. The zero-order valence-corrected chi connectivity index (χ0v) is 11.0. The molecule has 0 aliphatic rings. The molecule has 0 fully saturated rings. The van der Waals surface area contributed by atoms with Crippen LogP contribution >= 0.6 is 22.9 Å². The molecule has 0 aliphatic heterocycles. The summed E-state index contributed by atoms with van der Waals surface area (Å²) in [5.74, 6) is 0.535. The molecule has 2 unspecified atom stereocenters. The average Bonchev–Trinajstić information content (AvgIpc) is 2.62. The molecule has 4 heteroatoms. The van der Waals surface area contributed by atoms with Crippen molar-refractivity contribution in [3.05, 3.63) is 21.3 Å². The Morgan fingerprint density at radius 1 is 1.47 bits per heavy atom. The van der Waals surface area contributed by atoms with Gasteiger partial charge in [0.05, 0.1) is 4.34 Å². The molecule has 0 bridgehead atoms. The number of methoxy groups -OCH3 is 1. The van der Waals surface area contributed by atoms with Crippen LogP contribution in [0, 0.1) is 5.92 Å². The first-order valence-corrected chi connectivity index (χ1v) is 6.30. The summed E-state index contributed by atoms with van der Waals surface area (Å²) in [6, 6.07) is 4.38. The molecule has 2 nitrogen and oxygen atoms in total. The van der Waals surface area contributed by atoms with E-state index >= 15 is 0 Å². The van der Waals surface area contributed by atoms with E-state index in [0.717, 1.165) is 17.5 Å². The van der Waals surface area contributed by atoms with Gasteiger partial charge in [0.15, 0.2) is 0 Å². The molecule has 15 heavy (non-hydrogen) atoms. The monoisotopic (exact) mass is 247 g/mol. The van der Waals surface area contributed by atoms with Crippen LogP contribution in [0.25, 0.3) is 0 Å². The van der Waals surface area contributed by atoms with E-state index in [1.807, 2.05) is 6.07 Å². The first-order valence-electron chi connectivity index (χ1n) is 5.11. The summed E-state index contributed by atoms with van der Waals surface area (Å²) in [4.78, 5) is 1.28. The fraction of sp³-hybridized carbons (Fsp3) is 0.636. The molecule has 0 aliphatic carbocycles. The van der Waals surface area contributed by atoms with Gasteiger partial charge in [-0.2, -0.15) is 0 Å². The molecular formula is C11H18ClNOS. The van der Waals surface area contributed by atoms with Crippen molar-refractivity contribution >= 4 is 22.9 Å². The van der Waals surface area contributed by atoms with Gasteiger partial charge in [-0.05, 0) is 25.0 Å². The number of rotatable bonds is 6. The normalized spacial score (nSPS) is 15.2. The van der Waals surface area contributed by atoms with Gasteiger partial charge in [0.2, 0.25) is 0 Å². The molecule has 2 atom stereocenters. The Bertz CT molecular complexity index is 290. The van der Waals surface area contributed by atoms with Crippen LogP contribution in [0.2, 0.25) is 4.34 Å². The number of halogens is 1.